The van der Waals surface area contributed by atoms with Gasteiger partial charge in [-0.25, -0.2) is 0 Å². The van der Waals surface area contributed by atoms with Gasteiger partial charge in [-0.1, -0.05) is 36.0 Å². The second-order valence-corrected chi connectivity index (χ2v) is 5.75. The summed E-state index contributed by atoms with van der Waals surface area (Å²) in [6.45, 7) is 5.87. The first-order chi connectivity index (χ1) is 10.8. The fourth-order valence-electron chi connectivity index (χ4n) is 2.22. The predicted octanol–water partition coefficient (Wildman–Crippen LogP) is 3.92. The first-order valence-electron chi connectivity index (χ1n) is 6.97. The van der Waals surface area contributed by atoms with Crippen LogP contribution in [0.1, 0.15) is 5.56 Å². The standard InChI is InChI=1S/C17H16N4S/c1-3-12-22-17-20-19-16(14-8-10-18-11-9-14)21(17)15-7-5-4-6-13(15)2/h3-11H,1,12H2,2H3. The van der Waals surface area contributed by atoms with Gasteiger partial charge in [-0.15, -0.1) is 16.8 Å². The van der Waals surface area contributed by atoms with Gasteiger partial charge in [0.1, 0.15) is 0 Å². The number of aryl methyl sites for hydroxylation is 1. The van der Waals surface area contributed by atoms with E-state index in [1.54, 1.807) is 24.2 Å². The van der Waals surface area contributed by atoms with E-state index >= 15 is 0 Å². The molecule has 110 valence electrons. The average Bonchev–Trinajstić information content (AvgIpc) is 2.98. The zero-order chi connectivity index (χ0) is 15.4. The molecule has 0 spiro atoms. The van der Waals surface area contributed by atoms with Crippen LogP contribution in [-0.4, -0.2) is 25.5 Å². The summed E-state index contributed by atoms with van der Waals surface area (Å²) in [5.74, 6) is 1.61. The Morgan fingerprint density at radius 2 is 1.91 bits per heavy atom. The summed E-state index contributed by atoms with van der Waals surface area (Å²) in [5, 5.41) is 9.60. The fraction of sp³-hybridized carbons (Fsp3) is 0.118. The van der Waals surface area contributed by atoms with Crippen molar-refractivity contribution in [3.8, 4) is 17.1 Å². The van der Waals surface area contributed by atoms with Crippen molar-refractivity contribution in [1.29, 1.82) is 0 Å². The molecule has 5 heteroatoms. The van der Waals surface area contributed by atoms with E-state index in [2.05, 4.69) is 45.4 Å². The summed E-state index contributed by atoms with van der Waals surface area (Å²) < 4.78 is 2.10. The first-order valence-corrected chi connectivity index (χ1v) is 7.95. The van der Waals surface area contributed by atoms with E-state index in [9.17, 15) is 0 Å². The Morgan fingerprint density at radius 3 is 2.64 bits per heavy atom. The van der Waals surface area contributed by atoms with Crippen LogP contribution in [0.5, 0.6) is 0 Å². The maximum atomic E-state index is 4.39. The van der Waals surface area contributed by atoms with Crippen molar-refractivity contribution in [2.75, 3.05) is 5.75 Å². The van der Waals surface area contributed by atoms with Gasteiger partial charge in [0.25, 0.3) is 0 Å². The molecule has 4 nitrogen and oxygen atoms in total. The minimum atomic E-state index is 0.792. The van der Waals surface area contributed by atoms with Crippen molar-refractivity contribution in [2.45, 2.75) is 12.1 Å². The molecule has 2 heterocycles. The van der Waals surface area contributed by atoms with Gasteiger partial charge in [0, 0.05) is 23.7 Å². The van der Waals surface area contributed by atoms with E-state index in [0.29, 0.717) is 0 Å². The smallest absolute Gasteiger partial charge is 0.196 e. The number of rotatable bonds is 5. The van der Waals surface area contributed by atoms with Crippen molar-refractivity contribution in [2.24, 2.45) is 0 Å². The van der Waals surface area contributed by atoms with Gasteiger partial charge < -0.3 is 0 Å². The Bertz CT molecular complexity index is 780. The minimum absolute atomic E-state index is 0.792. The number of aromatic nitrogens is 4. The summed E-state index contributed by atoms with van der Waals surface area (Å²) in [5.41, 5.74) is 3.26. The lowest BCUT2D eigenvalue weighted by atomic mass is 10.2. The molecule has 0 radical (unpaired) electrons. The van der Waals surface area contributed by atoms with Gasteiger partial charge in [0.05, 0.1) is 5.69 Å². The molecule has 0 bridgehead atoms. The molecule has 1 aromatic carbocycles. The number of thioether (sulfide) groups is 1. The predicted molar refractivity (Wildman–Crippen MR) is 90.2 cm³/mol. The van der Waals surface area contributed by atoms with Gasteiger partial charge in [0.2, 0.25) is 0 Å². The summed E-state index contributed by atoms with van der Waals surface area (Å²) >= 11 is 1.62. The van der Waals surface area contributed by atoms with Crippen LogP contribution in [0, 0.1) is 6.92 Å². The van der Waals surface area contributed by atoms with Crippen LogP contribution >= 0.6 is 11.8 Å². The molecule has 0 saturated carbocycles. The molecule has 2 aromatic heterocycles. The molecule has 0 amide bonds. The van der Waals surface area contributed by atoms with Crippen LogP contribution in [0.2, 0.25) is 0 Å². The monoisotopic (exact) mass is 308 g/mol. The SMILES string of the molecule is C=CCSc1nnc(-c2ccncc2)n1-c1ccccc1C. The molecule has 0 saturated heterocycles. The third-order valence-electron chi connectivity index (χ3n) is 3.26. The molecule has 0 aliphatic rings. The van der Waals surface area contributed by atoms with Gasteiger partial charge in [-0.2, -0.15) is 0 Å². The lowest BCUT2D eigenvalue weighted by Gasteiger charge is -2.12. The number of pyridine rings is 1. The largest absolute Gasteiger partial charge is 0.270 e. The fourth-order valence-corrected chi connectivity index (χ4v) is 2.90. The third-order valence-corrected chi connectivity index (χ3v) is 4.18. The molecule has 0 unspecified atom stereocenters. The Balaban J connectivity index is 2.18. The summed E-state index contributed by atoms with van der Waals surface area (Å²) in [6, 6.07) is 12.1. The van der Waals surface area contributed by atoms with E-state index < -0.39 is 0 Å². The molecular formula is C17H16N4S. The quantitative estimate of drug-likeness (QED) is 0.529. The third kappa shape index (κ3) is 2.80. The highest BCUT2D eigenvalue weighted by Gasteiger charge is 2.16. The molecule has 0 aliphatic carbocycles. The molecular weight excluding hydrogens is 292 g/mol. The highest BCUT2D eigenvalue weighted by molar-refractivity contribution is 7.99. The molecule has 22 heavy (non-hydrogen) atoms. The van der Waals surface area contributed by atoms with Crippen LogP contribution in [0.15, 0.2) is 66.6 Å². The minimum Gasteiger partial charge on any atom is -0.270 e. The zero-order valence-corrected chi connectivity index (χ0v) is 13.1. The molecule has 3 rings (SSSR count). The normalized spacial score (nSPS) is 10.6. The van der Waals surface area contributed by atoms with Crippen molar-refractivity contribution in [3.63, 3.8) is 0 Å². The zero-order valence-electron chi connectivity index (χ0n) is 12.3. The maximum Gasteiger partial charge on any atom is 0.196 e. The Morgan fingerprint density at radius 1 is 1.14 bits per heavy atom. The lowest BCUT2D eigenvalue weighted by molar-refractivity contribution is 0.882. The van der Waals surface area contributed by atoms with Crippen molar-refractivity contribution in [3.05, 3.63) is 67.0 Å². The molecule has 0 atom stereocenters. The second-order valence-electron chi connectivity index (χ2n) is 4.76. The molecule has 3 aromatic rings. The van der Waals surface area contributed by atoms with Crippen LogP contribution in [0.3, 0.4) is 0 Å². The summed E-state index contributed by atoms with van der Waals surface area (Å²) in [6.07, 6.45) is 5.40. The van der Waals surface area contributed by atoms with E-state index in [4.69, 9.17) is 0 Å². The van der Waals surface area contributed by atoms with Gasteiger partial charge in [0.15, 0.2) is 11.0 Å². The van der Waals surface area contributed by atoms with Gasteiger partial charge in [-0.3, -0.25) is 9.55 Å². The van der Waals surface area contributed by atoms with Crippen LogP contribution in [-0.2, 0) is 0 Å². The van der Waals surface area contributed by atoms with Gasteiger partial charge in [-0.05, 0) is 30.7 Å². The van der Waals surface area contributed by atoms with Crippen molar-refractivity contribution in [1.82, 2.24) is 19.7 Å². The highest BCUT2D eigenvalue weighted by atomic mass is 32.2. The number of para-hydroxylation sites is 1. The Kier molecular flexibility index (Phi) is 4.34. The summed E-state index contributed by atoms with van der Waals surface area (Å²) in [4.78, 5) is 4.07. The van der Waals surface area contributed by atoms with Gasteiger partial charge >= 0.3 is 0 Å². The molecule has 0 aliphatic heterocycles. The number of hydrogen-bond donors (Lipinski definition) is 0. The molecule has 0 N–H and O–H groups in total. The van der Waals surface area contributed by atoms with E-state index in [-0.39, 0.29) is 0 Å². The Labute approximate surface area is 133 Å². The number of nitrogens with zero attached hydrogens (tertiary/aromatic N) is 4. The van der Waals surface area contributed by atoms with E-state index in [1.807, 2.05) is 30.3 Å². The average molecular weight is 308 g/mol. The van der Waals surface area contributed by atoms with Crippen LogP contribution in [0.4, 0.5) is 0 Å². The number of benzene rings is 1. The first kappa shape index (κ1) is 14.5. The van der Waals surface area contributed by atoms with Crippen LogP contribution < -0.4 is 0 Å². The lowest BCUT2D eigenvalue weighted by Crippen LogP contribution is -2.01. The molecule has 0 fully saturated rings. The van der Waals surface area contributed by atoms with Crippen molar-refractivity contribution < 1.29 is 0 Å². The summed E-state index contributed by atoms with van der Waals surface area (Å²) in [7, 11) is 0. The van der Waals surface area contributed by atoms with E-state index in [1.165, 1.54) is 5.56 Å². The van der Waals surface area contributed by atoms with E-state index in [0.717, 1.165) is 28.0 Å². The Hall–Kier alpha value is -2.40. The topological polar surface area (TPSA) is 43.6 Å². The van der Waals surface area contributed by atoms with Crippen LogP contribution in [0.25, 0.3) is 17.1 Å². The second kappa shape index (κ2) is 6.58. The van der Waals surface area contributed by atoms with Crippen molar-refractivity contribution >= 4 is 11.8 Å². The number of hydrogen-bond acceptors (Lipinski definition) is 4. The highest BCUT2D eigenvalue weighted by Crippen LogP contribution is 2.29. The maximum absolute atomic E-state index is 4.39.